The first kappa shape index (κ1) is 14.3. The van der Waals surface area contributed by atoms with Crippen molar-refractivity contribution in [3.63, 3.8) is 0 Å². The van der Waals surface area contributed by atoms with Crippen molar-refractivity contribution in [2.24, 2.45) is 11.8 Å². The highest BCUT2D eigenvalue weighted by Gasteiger charge is 2.28. The molecule has 0 spiro atoms. The fourth-order valence-corrected chi connectivity index (χ4v) is 3.10. The minimum Gasteiger partial charge on any atom is -0.381 e. The van der Waals surface area contributed by atoms with Gasteiger partial charge < -0.3 is 15.0 Å². The number of rotatable bonds is 6. The molecule has 2 fully saturated rings. The van der Waals surface area contributed by atoms with Crippen LogP contribution in [0.25, 0.3) is 0 Å². The predicted molar refractivity (Wildman–Crippen MR) is 75.8 cm³/mol. The van der Waals surface area contributed by atoms with Gasteiger partial charge in [0.25, 0.3) is 0 Å². The normalized spacial score (nSPS) is 28.7. The van der Waals surface area contributed by atoms with Crippen molar-refractivity contribution in [1.82, 2.24) is 10.2 Å². The van der Waals surface area contributed by atoms with Crippen LogP contribution in [0.5, 0.6) is 0 Å². The monoisotopic (exact) mass is 254 g/mol. The Hall–Kier alpha value is -0.120. The molecule has 1 N–H and O–H groups in total. The number of piperidine rings is 1. The summed E-state index contributed by atoms with van der Waals surface area (Å²) in [6.45, 7) is 11.5. The molecule has 0 aliphatic carbocycles. The average Bonchev–Trinajstić information content (AvgIpc) is 2.90. The molecule has 3 nitrogen and oxygen atoms in total. The zero-order chi connectivity index (χ0) is 12.8. The molecule has 0 saturated carbocycles. The van der Waals surface area contributed by atoms with Gasteiger partial charge in [-0.15, -0.1) is 0 Å². The van der Waals surface area contributed by atoms with Gasteiger partial charge in [0.05, 0.1) is 6.61 Å². The van der Waals surface area contributed by atoms with Gasteiger partial charge in [0.15, 0.2) is 0 Å². The summed E-state index contributed by atoms with van der Waals surface area (Å²) in [6, 6.07) is 0.640. The third kappa shape index (κ3) is 4.22. The second kappa shape index (κ2) is 7.46. The van der Waals surface area contributed by atoms with E-state index in [9.17, 15) is 0 Å². The molecule has 0 amide bonds. The molecular formula is C15H30N2O. The Bertz CT molecular complexity index is 221. The van der Waals surface area contributed by atoms with E-state index in [0.717, 1.165) is 31.6 Å². The molecule has 2 heterocycles. The molecule has 0 aromatic rings. The SMILES string of the molecule is CCCNC(CN1CCC(C)CC1)C1CCOC1. The quantitative estimate of drug-likeness (QED) is 0.786. The molecule has 2 saturated heterocycles. The second-order valence-electron chi connectivity index (χ2n) is 6.17. The summed E-state index contributed by atoms with van der Waals surface area (Å²) < 4.78 is 5.57. The number of hydrogen-bond donors (Lipinski definition) is 1. The highest BCUT2D eigenvalue weighted by molar-refractivity contribution is 4.83. The largest absolute Gasteiger partial charge is 0.381 e. The molecular weight excluding hydrogens is 224 g/mol. The molecule has 106 valence electrons. The van der Waals surface area contributed by atoms with Crippen LogP contribution in [0.2, 0.25) is 0 Å². The van der Waals surface area contributed by atoms with Crippen molar-refractivity contribution >= 4 is 0 Å². The average molecular weight is 254 g/mol. The van der Waals surface area contributed by atoms with E-state index in [4.69, 9.17) is 4.74 Å². The lowest BCUT2D eigenvalue weighted by Gasteiger charge is -2.35. The molecule has 0 aromatic carbocycles. The fraction of sp³-hybridized carbons (Fsp3) is 1.00. The Morgan fingerprint density at radius 2 is 2.06 bits per heavy atom. The van der Waals surface area contributed by atoms with Crippen LogP contribution in [-0.2, 0) is 4.74 Å². The summed E-state index contributed by atoms with van der Waals surface area (Å²) in [4.78, 5) is 2.66. The van der Waals surface area contributed by atoms with Crippen molar-refractivity contribution in [1.29, 1.82) is 0 Å². The van der Waals surface area contributed by atoms with Gasteiger partial charge in [-0.3, -0.25) is 0 Å². The minimum atomic E-state index is 0.640. The lowest BCUT2D eigenvalue weighted by molar-refractivity contribution is 0.140. The van der Waals surface area contributed by atoms with Gasteiger partial charge >= 0.3 is 0 Å². The number of nitrogens with one attached hydrogen (secondary N) is 1. The third-order valence-corrected chi connectivity index (χ3v) is 4.52. The second-order valence-corrected chi connectivity index (χ2v) is 6.17. The first-order valence-electron chi connectivity index (χ1n) is 7.83. The molecule has 0 aromatic heterocycles. The Morgan fingerprint density at radius 3 is 2.67 bits per heavy atom. The zero-order valence-corrected chi connectivity index (χ0v) is 12.2. The molecule has 2 rings (SSSR count). The molecule has 2 atom stereocenters. The summed E-state index contributed by atoms with van der Waals surface area (Å²) in [5.41, 5.74) is 0. The van der Waals surface area contributed by atoms with E-state index in [-0.39, 0.29) is 0 Å². The highest BCUT2D eigenvalue weighted by atomic mass is 16.5. The van der Waals surface area contributed by atoms with E-state index >= 15 is 0 Å². The van der Waals surface area contributed by atoms with Crippen LogP contribution in [0.1, 0.15) is 39.5 Å². The van der Waals surface area contributed by atoms with Gasteiger partial charge in [-0.2, -0.15) is 0 Å². The first-order chi connectivity index (χ1) is 8.79. The van der Waals surface area contributed by atoms with Crippen molar-refractivity contribution in [2.45, 2.75) is 45.6 Å². The maximum atomic E-state index is 5.57. The van der Waals surface area contributed by atoms with Gasteiger partial charge in [-0.05, 0) is 51.2 Å². The smallest absolute Gasteiger partial charge is 0.0510 e. The van der Waals surface area contributed by atoms with Gasteiger partial charge in [0.1, 0.15) is 0 Å². The van der Waals surface area contributed by atoms with Gasteiger partial charge in [0.2, 0.25) is 0 Å². The number of hydrogen-bond acceptors (Lipinski definition) is 3. The molecule has 3 heteroatoms. The standard InChI is InChI=1S/C15H30N2O/c1-3-7-16-15(14-6-10-18-12-14)11-17-8-4-13(2)5-9-17/h13-16H,3-12H2,1-2H3. The molecule has 0 bridgehead atoms. The fourth-order valence-electron chi connectivity index (χ4n) is 3.10. The van der Waals surface area contributed by atoms with Crippen LogP contribution < -0.4 is 5.32 Å². The predicted octanol–water partition coefficient (Wildman–Crippen LogP) is 2.12. The van der Waals surface area contributed by atoms with Crippen LogP contribution in [0.4, 0.5) is 0 Å². The van der Waals surface area contributed by atoms with Gasteiger partial charge in [-0.25, -0.2) is 0 Å². The summed E-state index contributed by atoms with van der Waals surface area (Å²) in [5.74, 6) is 1.66. The van der Waals surface area contributed by atoms with E-state index < -0.39 is 0 Å². The Labute approximate surface area is 112 Å². The van der Waals surface area contributed by atoms with Gasteiger partial charge in [0, 0.05) is 25.1 Å². The molecule has 2 aliphatic heterocycles. The van der Waals surface area contributed by atoms with Crippen molar-refractivity contribution in [3.05, 3.63) is 0 Å². The third-order valence-electron chi connectivity index (χ3n) is 4.52. The Kier molecular flexibility index (Phi) is 5.93. The highest BCUT2D eigenvalue weighted by Crippen LogP contribution is 2.21. The van der Waals surface area contributed by atoms with Crippen molar-refractivity contribution < 1.29 is 4.74 Å². The maximum Gasteiger partial charge on any atom is 0.0510 e. The van der Waals surface area contributed by atoms with Crippen LogP contribution >= 0.6 is 0 Å². The van der Waals surface area contributed by atoms with Crippen LogP contribution in [0.15, 0.2) is 0 Å². The Balaban J connectivity index is 1.79. The lowest BCUT2D eigenvalue weighted by atomic mass is 9.95. The number of ether oxygens (including phenoxy) is 1. The van der Waals surface area contributed by atoms with E-state index in [1.807, 2.05) is 0 Å². The minimum absolute atomic E-state index is 0.640. The topological polar surface area (TPSA) is 24.5 Å². The van der Waals surface area contributed by atoms with E-state index in [2.05, 4.69) is 24.1 Å². The number of likely N-dealkylation sites (tertiary alicyclic amines) is 1. The zero-order valence-electron chi connectivity index (χ0n) is 12.2. The summed E-state index contributed by atoms with van der Waals surface area (Å²) in [6.07, 6.45) is 5.22. The summed E-state index contributed by atoms with van der Waals surface area (Å²) in [5, 5.41) is 3.75. The van der Waals surface area contributed by atoms with Gasteiger partial charge in [-0.1, -0.05) is 13.8 Å². The van der Waals surface area contributed by atoms with Crippen LogP contribution in [0, 0.1) is 11.8 Å². The molecule has 18 heavy (non-hydrogen) atoms. The molecule has 0 radical (unpaired) electrons. The number of nitrogens with zero attached hydrogens (tertiary/aromatic N) is 1. The van der Waals surface area contributed by atoms with Crippen LogP contribution in [0.3, 0.4) is 0 Å². The van der Waals surface area contributed by atoms with Crippen LogP contribution in [-0.4, -0.2) is 50.3 Å². The van der Waals surface area contributed by atoms with E-state index in [1.165, 1.54) is 45.3 Å². The van der Waals surface area contributed by atoms with E-state index in [0.29, 0.717) is 6.04 Å². The summed E-state index contributed by atoms with van der Waals surface area (Å²) >= 11 is 0. The summed E-state index contributed by atoms with van der Waals surface area (Å²) in [7, 11) is 0. The van der Waals surface area contributed by atoms with E-state index in [1.54, 1.807) is 0 Å². The Morgan fingerprint density at radius 1 is 1.28 bits per heavy atom. The van der Waals surface area contributed by atoms with Crippen molar-refractivity contribution in [3.8, 4) is 0 Å². The van der Waals surface area contributed by atoms with Crippen molar-refractivity contribution in [2.75, 3.05) is 39.4 Å². The molecule has 2 unspecified atom stereocenters. The first-order valence-corrected chi connectivity index (χ1v) is 7.83. The molecule has 2 aliphatic rings. The maximum absolute atomic E-state index is 5.57. The lowest BCUT2D eigenvalue weighted by Crippen LogP contribution is -2.48.